The molecule has 0 N–H and O–H groups in total. The molecular weight excluding hydrogens is 184 g/mol. The average molecular weight is 198 g/mol. The third kappa shape index (κ3) is 4.23. The molecule has 76 valence electrons. The number of carbonyl (C=O) groups is 1. The molecule has 15 heavy (non-hydrogen) atoms. The van der Waals surface area contributed by atoms with E-state index in [1.807, 2.05) is 24.3 Å². The normalized spacial score (nSPS) is 11.0. The molecule has 1 aromatic rings. The first-order chi connectivity index (χ1) is 7.22. The van der Waals surface area contributed by atoms with Gasteiger partial charge in [-0.05, 0) is 24.6 Å². The molecule has 0 aliphatic carbocycles. The minimum absolute atomic E-state index is 0.0800. The number of aryl methyl sites for hydroxylation is 1. The Labute approximate surface area is 90.4 Å². The van der Waals surface area contributed by atoms with Gasteiger partial charge in [0.25, 0.3) is 0 Å². The molecule has 1 aromatic carbocycles. The molecule has 1 heteroatoms. The Kier molecular flexibility index (Phi) is 4.30. The topological polar surface area (TPSA) is 17.1 Å². The van der Waals surface area contributed by atoms with E-state index in [-0.39, 0.29) is 5.78 Å². The summed E-state index contributed by atoms with van der Waals surface area (Å²) >= 11 is 0. The van der Waals surface area contributed by atoms with Crippen LogP contribution in [0.5, 0.6) is 0 Å². The lowest BCUT2D eigenvalue weighted by atomic mass is 10.1. The third-order valence-corrected chi connectivity index (χ3v) is 1.94. The van der Waals surface area contributed by atoms with E-state index in [9.17, 15) is 4.79 Å². The summed E-state index contributed by atoms with van der Waals surface area (Å²) in [4.78, 5) is 10.8. The van der Waals surface area contributed by atoms with E-state index < -0.39 is 0 Å². The highest BCUT2D eigenvalue weighted by atomic mass is 16.1. The van der Waals surface area contributed by atoms with Crippen LogP contribution in [0.1, 0.15) is 11.1 Å². The zero-order valence-electron chi connectivity index (χ0n) is 8.81. The van der Waals surface area contributed by atoms with Gasteiger partial charge in [0.1, 0.15) is 0 Å². The zero-order chi connectivity index (χ0) is 11.1. The Morgan fingerprint density at radius 2 is 1.87 bits per heavy atom. The van der Waals surface area contributed by atoms with Crippen LogP contribution in [0.3, 0.4) is 0 Å². The van der Waals surface area contributed by atoms with Crippen LogP contribution in [0.25, 0.3) is 6.08 Å². The standard InChI is InChI=1S/C14H14O/c1-3-14(15)7-5-4-6-13-10-8-12(2)9-11-13/h3-11H,1H2,2H3. The smallest absolute Gasteiger partial charge is 0.178 e. The largest absolute Gasteiger partial charge is 0.290 e. The molecule has 0 spiro atoms. The Balaban J connectivity index is 2.58. The summed E-state index contributed by atoms with van der Waals surface area (Å²) in [5.74, 6) is -0.0800. The highest BCUT2D eigenvalue weighted by Gasteiger charge is 1.85. The molecule has 0 saturated heterocycles. The Morgan fingerprint density at radius 1 is 1.20 bits per heavy atom. The second-order valence-corrected chi connectivity index (χ2v) is 3.24. The minimum atomic E-state index is -0.0800. The van der Waals surface area contributed by atoms with E-state index in [1.165, 1.54) is 17.7 Å². The first-order valence-electron chi connectivity index (χ1n) is 4.80. The maximum absolute atomic E-state index is 10.8. The summed E-state index contributed by atoms with van der Waals surface area (Å²) < 4.78 is 0. The Morgan fingerprint density at radius 3 is 2.47 bits per heavy atom. The molecule has 0 amide bonds. The van der Waals surface area contributed by atoms with Crippen LogP contribution < -0.4 is 0 Å². The van der Waals surface area contributed by atoms with Gasteiger partial charge in [-0.2, -0.15) is 0 Å². The summed E-state index contributed by atoms with van der Waals surface area (Å²) in [5, 5.41) is 0. The van der Waals surface area contributed by atoms with Crippen LogP contribution in [0, 0.1) is 6.92 Å². The quantitative estimate of drug-likeness (QED) is 0.535. The number of hydrogen-bond acceptors (Lipinski definition) is 1. The fourth-order valence-corrected chi connectivity index (χ4v) is 1.06. The highest BCUT2D eigenvalue weighted by molar-refractivity contribution is 5.98. The van der Waals surface area contributed by atoms with Crippen molar-refractivity contribution in [2.75, 3.05) is 0 Å². The SMILES string of the molecule is C=CC(=O)C=CC=Cc1ccc(C)cc1. The van der Waals surface area contributed by atoms with Gasteiger partial charge in [-0.15, -0.1) is 0 Å². The van der Waals surface area contributed by atoms with Crippen LogP contribution in [-0.2, 0) is 4.79 Å². The van der Waals surface area contributed by atoms with Gasteiger partial charge in [0.15, 0.2) is 5.78 Å². The molecule has 0 fully saturated rings. The molecule has 0 unspecified atom stereocenters. The van der Waals surface area contributed by atoms with Crippen molar-refractivity contribution in [3.05, 3.63) is 66.3 Å². The van der Waals surface area contributed by atoms with E-state index in [1.54, 1.807) is 6.08 Å². The Bertz CT molecular complexity index is 394. The zero-order valence-corrected chi connectivity index (χ0v) is 8.81. The predicted octanol–water partition coefficient (Wildman–Crippen LogP) is 3.32. The Hall–Kier alpha value is -1.89. The van der Waals surface area contributed by atoms with Crippen LogP contribution in [0.2, 0.25) is 0 Å². The maximum Gasteiger partial charge on any atom is 0.178 e. The van der Waals surface area contributed by atoms with Crippen molar-refractivity contribution >= 4 is 11.9 Å². The maximum atomic E-state index is 10.8. The first-order valence-corrected chi connectivity index (χ1v) is 4.80. The average Bonchev–Trinajstić information content (AvgIpc) is 2.26. The molecule has 0 atom stereocenters. The molecule has 0 heterocycles. The van der Waals surface area contributed by atoms with Gasteiger partial charge < -0.3 is 0 Å². The van der Waals surface area contributed by atoms with Crippen molar-refractivity contribution in [1.82, 2.24) is 0 Å². The second-order valence-electron chi connectivity index (χ2n) is 3.24. The van der Waals surface area contributed by atoms with Crippen LogP contribution in [0.15, 0.2) is 55.1 Å². The van der Waals surface area contributed by atoms with Crippen LogP contribution in [0.4, 0.5) is 0 Å². The molecular formula is C14H14O. The van der Waals surface area contributed by atoms with Crippen LogP contribution in [-0.4, -0.2) is 5.78 Å². The molecule has 1 nitrogen and oxygen atoms in total. The van der Waals surface area contributed by atoms with Crippen molar-refractivity contribution in [3.8, 4) is 0 Å². The summed E-state index contributed by atoms with van der Waals surface area (Å²) in [6, 6.07) is 8.18. The lowest BCUT2D eigenvalue weighted by molar-refractivity contribution is -0.110. The highest BCUT2D eigenvalue weighted by Crippen LogP contribution is 2.04. The first kappa shape index (κ1) is 11.2. The fourth-order valence-electron chi connectivity index (χ4n) is 1.06. The van der Waals surface area contributed by atoms with E-state index in [4.69, 9.17) is 0 Å². The summed E-state index contributed by atoms with van der Waals surface area (Å²) in [5.41, 5.74) is 2.36. The summed E-state index contributed by atoms with van der Waals surface area (Å²) in [6.07, 6.45) is 8.27. The van der Waals surface area contributed by atoms with Gasteiger partial charge in [-0.3, -0.25) is 4.79 Å². The van der Waals surface area contributed by atoms with Crippen molar-refractivity contribution in [3.63, 3.8) is 0 Å². The third-order valence-electron chi connectivity index (χ3n) is 1.94. The molecule has 0 bridgehead atoms. The van der Waals surface area contributed by atoms with Crippen molar-refractivity contribution < 1.29 is 4.79 Å². The minimum Gasteiger partial charge on any atom is -0.290 e. The number of carbonyl (C=O) groups excluding carboxylic acids is 1. The number of ketones is 1. The number of hydrogen-bond donors (Lipinski definition) is 0. The second kappa shape index (κ2) is 5.76. The molecule has 1 rings (SSSR count). The van der Waals surface area contributed by atoms with Gasteiger partial charge in [0.2, 0.25) is 0 Å². The molecule has 0 radical (unpaired) electrons. The molecule has 0 aromatic heterocycles. The van der Waals surface area contributed by atoms with Gasteiger partial charge in [0.05, 0.1) is 0 Å². The van der Waals surface area contributed by atoms with E-state index in [0.29, 0.717) is 0 Å². The number of benzene rings is 1. The summed E-state index contributed by atoms with van der Waals surface area (Å²) in [7, 11) is 0. The predicted molar refractivity (Wildman–Crippen MR) is 64.6 cm³/mol. The van der Waals surface area contributed by atoms with Gasteiger partial charge >= 0.3 is 0 Å². The van der Waals surface area contributed by atoms with Gasteiger partial charge in [0, 0.05) is 0 Å². The van der Waals surface area contributed by atoms with E-state index >= 15 is 0 Å². The van der Waals surface area contributed by atoms with Gasteiger partial charge in [-0.1, -0.05) is 54.6 Å². The van der Waals surface area contributed by atoms with Gasteiger partial charge in [-0.25, -0.2) is 0 Å². The van der Waals surface area contributed by atoms with E-state index in [0.717, 1.165) is 5.56 Å². The lowest BCUT2D eigenvalue weighted by Crippen LogP contribution is -1.80. The monoisotopic (exact) mass is 198 g/mol. The number of rotatable bonds is 4. The fraction of sp³-hybridized carbons (Fsp3) is 0.0714. The summed E-state index contributed by atoms with van der Waals surface area (Å²) in [6.45, 7) is 5.43. The molecule has 0 aliphatic rings. The van der Waals surface area contributed by atoms with E-state index in [2.05, 4.69) is 25.6 Å². The lowest BCUT2D eigenvalue weighted by Gasteiger charge is -1.92. The van der Waals surface area contributed by atoms with Crippen molar-refractivity contribution in [2.24, 2.45) is 0 Å². The van der Waals surface area contributed by atoms with Crippen LogP contribution >= 0.6 is 0 Å². The molecule has 0 aliphatic heterocycles. The van der Waals surface area contributed by atoms with Crippen molar-refractivity contribution in [2.45, 2.75) is 6.92 Å². The van der Waals surface area contributed by atoms with Crippen molar-refractivity contribution in [1.29, 1.82) is 0 Å². The number of allylic oxidation sites excluding steroid dienone is 4. The molecule has 0 saturated carbocycles.